The van der Waals surface area contributed by atoms with Crippen molar-refractivity contribution in [3.63, 3.8) is 0 Å². The number of rotatable bonds is 8. The summed E-state index contributed by atoms with van der Waals surface area (Å²) in [5.74, 6) is -1.10. The van der Waals surface area contributed by atoms with Crippen LogP contribution in [0.1, 0.15) is 43.1 Å². The molecule has 0 atom stereocenters. The van der Waals surface area contributed by atoms with Gasteiger partial charge in [0.25, 0.3) is 5.91 Å². The number of hydrogen-bond donors (Lipinski definition) is 1. The maximum absolute atomic E-state index is 12.5. The first kappa shape index (κ1) is 19.5. The number of amides is 1. The number of carbonyl (C=O) groups excluding carboxylic acids is 2. The number of nitrogens with one attached hydrogen (secondary N) is 1. The average Bonchev–Trinajstić information content (AvgIpc) is 3.23. The van der Waals surface area contributed by atoms with E-state index in [2.05, 4.69) is 5.32 Å². The summed E-state index contributed by atoms with van der Waals surface area (Å²) < 4.78 is 32.9. The van der Waals surface area contributed by atoms with Crippen molar-refractivity contribution < 1.29 is 22.7 Å². The lowest BCUT2D eigenvalue weighted by Gasteiger charge is -2.13. The first-order valence-electron chi connectivity index (χ1n) is 8.46. The summed E-state index contributed by atoms with van der Waals surface area (Å²) in [6, 6.07) is 1.30. The molecule has 25 heavy (non-hydrogen) atoms. The first-order valence-corrected chi connectivity index (χ1v) is 9.90. The fourth-order valence-electron chi connectivity index (χ4n) is 2.62. The molecule has 1 aromatic heterocycles. The Morgan fingerprint density at radius 2 is 1.96 bits per heavy atom. The van der Waals surface area contributed by atoms with Crippen LogP contribution in [0.2, 0.25) is 0 Å². The van der Waals surface area contributed by atoms with Gasteiger partial charge in [0.2, 0.25) is 10.0 Å². The molecule has 0 unspecified atom stereocenters. The molecule has 0 radical (unpaired) electrons. The summed E-state index contributed by atoms with van der Waals surface area (Å²) in [7, 11) is -2.02. The van der Waals surface area contributed by atoms with Crippen LogP contribution in [0.3, 0.4) is 0 Å². The molecule has 0 aliphatic carbocycles. The Kier molecular flexibility index (Phi) is 6.60. The van der Waals surface area contributed by atoms with E-state index < -0.39 is 16.0 Å². The molecular weight excluding hydrogens is 346 g/mol. The zero-order valence-corrected chi connectivity index (χ0v) is 15.5. The van der Waals surface area contributed by atoms with Crippen LogP contribution >= 0.6 is 0 Å². The number of aryl methyl sites for hydroxylation is 1. The van der Waals surface area contributed by atoms with Gasteiger partial charge in [0.05, 0.1) is 0 Å². The van der Waals surface area contributed by atoms with E-state index in [9.17, 15) is 18.0 Å². The lowest BCUT2D eigenvalue weighted by molar-refractivity contribution is -0.124. The van der Waals surface area contributed by atoms with E-state index in [1.165, 1.54) is 21.1 Å². The van der Waals surface area contributed by atoms with Crippen LogP contribution in [0, 0.1) is 0 Å². The molecule has 0 bridgehead atoms. The molecule has 1 saturated heterocycles. The molecule has 2 rings (SSSR count). The van der Waals surface area contributed by atoms with E-state index >= 15 is 0 Å². The van der Waals surface area contributed by atoms with Gasteiger partial charge in [0, 0.05) is 32.9 Å². The first-order chi connectivity index (χ1) is 11.9. The molecule has 9 heteroatoms. The average molecular weight is 371 g/mol. The van der Waals surface area contributed by atoms with Crippen LogP contribution in [0.15, 0.2) is 17.2 Å². The number of carbonyl (C=O) groups is 2. The Labute approximate surface area is 148 Å². The summed E-state index contributed by atoms with van der Waals surface area (Å²) >= 11 is 0. The molecule has 1 aromatic rings. The number of sulfonamides is 1. The van der Waals surface area contributed by atoms with E-state index in [0.717, 1.165) is 25.7 Å². The molecule has 1 amide bonds. The van der Waals surface area contributed by atoms with Crippen molar-refractivity contribution in [2.75, 3.05) is 26.2 Å². The topological polar surface area (TPSA) is 97.7 Å². The van der Waals surface area contributed by atoms with Crippen molar-refractivity contribution in [3.05, 3.63) is 18.0 Å². The van der Waals surface area contributed by atoms with Gasteiger partial charge < -0.3 is 14.6 Å². The molecular formula is C16H25N3O5S. The molecule has 1 fully saturated rings. The Bertz CT molecular complexity index is 720. The van der Waals surface area contributed by atoms with Gasteiger partial charge in [-0.25, -0.2) is 13.2 Å². The highest BCUT2D eigenvalue weighted by Gasteiger charge is 2.29. The third-order valence-corrected chi connectivity index (χ3v) is 5.94. The van der Waals surface area contributed by atoms with Crippen LogP contribution in [0.25, 0.3) is 0 Å². The highest BCUT2D eigenvalue weighted by atomic mass is 32.2. The number of nitrogens with zero attached hydrogens (tertiary/aromatic N) is 2. The zero-order chi connectivity index (χ0) is 18.4. The quantitative estimate of drug-likeness (QED) is 0.540. The van der Waals surface area contributed by atoms with Gasteiger partial charge in [0.15, 0.2) is 6.61 Å². The Balaban J connectivity index is 1.99. The minimum atomic E-state index is -3.59. The highest BCUT2D eigenvalue weighted by Crippen LogP contribution is 2.22. The van der Waals surface area contributed by atoms with Gasteiger partial charge in [-0.1, -0.05) is 13.3 Å². The van der Waals surface area contributed by atoms with Gasteiger partial charge in [0.1, 0.15) is 10.6 Å². The second kappa shape index (κ2) is 8.48. The van der Waals surface area contributed by atoms with Crippen LogP contribution in [0.5, 0.6) is 0 Å². The lowest BCUT2D eigenvalue weighted by atomic mass is 10.3. The standard InChI is InChI=1S/C16H25N3O5S/c1-3-4-7-17-15(20)12-24-16(21)14-10-13(11-18(14)2)25(22,23)19-8-5-6-9-19/h10-11H,3-9,12H2,1-2H3,(H,17,20). The fraction of sp³-hybridized carbons (Fsp3) is 0.625. The van der Waals surface area contributed by atoms with Gasteiger partial charge in [-0.05, 0) is 25.3 Å². The largest absolute Gasteiger partial charge is 0.451 e. The zero-order valence-electron chi connectivity index (χ0n) is 14.7. The summed E-state index contributed by atoms with van der Waals surface area (Å²) in [4.78, 5) is 23.8. The second-order valence-corrected chi connectivity index (χ2v) is 8.00. The number of aromatic nitrogens is 1. The van der Waals surface area contributed by atoms with Gasteiger partial charge >= 0.3 is 5.97 Å². The Hall–Kier alpha value is -1.87. The fourth-order valence-corrected chi connectivity index (χ4v) is 4.21. The number of hydrogen-bond acceptors (Lipinski definition) is 5. The van der Waals surface area contributed by atoms with Gasteiger partial charge in [-0.15, -0.1) is 0 Å². The van der Waals surface area contributed by atoms with E-state index in [1.54, 1.807) is 7.05 Å². The van der Waals surface area contributed by atoms with Crippen molar-refractivity contribution in [3.8, 4) is 0 Å². The molecule has 2 heterocycles. The molecule has 0 aromatic carbocycles. The summed E-state index contributed by atoms with van der Waals surface area (Å²) in [5.41, 5.74) is 0.0964. The molecule has 1 aliphatic rings. The molecule has 1 aliphatic heterocycles. The van der Waals surface area contributed by atoms with Crippen molar-refractivity contribution in [2.24, 2.45) is 7.05 Å². The van der Waals surface area contributed by atoms with E-state index in [4.69, 9.17) is 4.74 Å². The Morgan fingerprint density at radius 1 is 1.28 bits per heavy atom. The van der Waals surface area contributed by atoms with E-state index in [1.807, 2.05) is 6.92 Å². The molecule has 8 nitrogen and oxygen atoms in total. The monoisotopic (exact) mass is 371 g/mol. The number of unbranched alkanes of at least 4 members (excludes halogenated alkanes) is 1. The molecule has 0 spiro atoms. The van der Waals surface area contributed by atoms with Crippen molar-refractivity contribution in [2.45, 2.75) is 37.5 Å². The van der Waals surface area contributed by atoms with Crippen LogP contribution in [-0.2, 0) is 26.6 Å². The Morgan fingerprint density at radius 3 is 2.60 bits per heavy atom. The van der Waals surface area contributed by atoms with Crippen LogP contribution in [0.4, 0.5) is 0 Å². The SMILES string of the molecule is CCCCNC(=O)COC(=O)c1cc(S(=O)(=O)N2CCCC2)cn1C. The number of ether oxygens (including phenoxy) is 1. The van der Waals surface area contributed by atoms with Crippen molar-refractivity contribution >= 4 is 21.9 Å². The third kappa shape index (κ3) is 4.82. The smallest absolute Gasteiger partial charge is 0.355 e. The van der Waals surface area contributed by atoms with Crippen LogP contribution < -0.4 is 5.32 Å². The summed E-state index contributed by atoms with van der Waals surface area (Å²) in [6.07, 6.45) is 4.89. The minimum Gasteiger partial charge on any atom is -0.451 e. The molecule has 1 N–H and O–H groups in total. The van der Waals surface area contributed by atoms with Crippen molar-refractivity contribution in [1.29, 1.82) is 0 Å². The maximum Gasteiger partial charge on any atom is 0.355 e. The number of esters is 1. The predicted octanol–water partition coefficient (Wildman–Crippen LogP) is 0.883. The summed E-state index contributed by atoms with van der Waals surface area (Å²) in [5, 5.41) is 2.65. The third-order valence-electron chi connectivity index (χ3n) is 4.08. The van der Waals surface area contributed by atoms with E-state index in [-0.39, 0.29) is 23.1 Å². The van der Waals surface area contributed by atoms with Gasteiger partial charge in [-0.3, -0.25) is 4.79 Å². The highest BCUT2D eigenvalue weighted by molar-refractivity contribution is 7.89. The maximum atomic E-state index is 12.5. The lowest BCUT2D eigenvalue weighted by Crippen LogP contribution is -2.29. The van der Waals surface area contributed by atoms with Crippen molar-refractivity contribution in [1.82, 2.24) is 14.2 Å². The predicted molar refractivity (Wildman–Crippen MR) is 91.6 cm³/mol. The van der Waals surface area contributed by atoms with Gasteiger partial charge in [-0.2, -0.15) is 4.31 Å². The normalized spacial score (nSPS) is 15.3. The van der Waals surface area contributed by atoms with Crippen LogP contribution in [-0.4, -0.2) is 55.4 Å². The second-order valence-electron chi connectivity index (χ2n) is 6.06. The molecule has 140 valence electrons. The molecule has 0 saturated carbocycles. The van der Waals surface area contributed by atoms with E-state index in [0.29, 0.717) is 19.6 Å². The summed E-state index contributed by atoms with van der Waals surface area (Å²) in [6.45, 7) is 3.15. The minimum absolute atomic E-state index is 0.0660.